The third kappa shape index (κ3) is 7.08. The lowest BCUT2D eigenvalue weighted by molar-refractivity contribution is -0.143. The maximum atomic E-state index is 12.5. The summed E-state index contributed by atoms with van der Waals surface area (Å²) in [5, 5.41) is 0.400. The van der Waals surface area contributed by atoms with E-state index >= 15 is 0 Å². The van der Waals surface area contributed by atoms with Crippen molar-refractivity contribution in [3.8, 4) is 17.1 Å². The minimum absolute atomic E-state index is 0.0546. The van der Waals surface area contributed by atoms with Crippen molar-refractivity contribution in [2.45, 2.75) is 47.3 Å². The van der Waals surface area contributed by atoms with E-state index in [1.54, 1.807) is 14.0 Å². The van der Waals surface area contributed by atoms with Crippen LogP contribution in [-0.4, -0.2) is 40.7 Å². The van der Waals surface area contributed by atoms with Gasteiger partial charge in [-0.3, -0.25) is 9.69 Å². The van der Waals surface area contributed by atoms with Gasteiger partial charge in [-0.25, -0.2) is 4.98 Å². The summed E-state index contributed by atoms with van der Waals surface area (Å²) < 4.78 is 12.4. The predicted molar refractivity (Wildman–Crippen MR) is 136 cm³/mol. The minimum atomic E-state index is -0.312. The molecular weight excluding hydrogens is 450 g/mol. The van der Waals surface area contributed by atoms with Gasteiger partial charge in [0.15, 0.2) is 5.15 Å². The lowest BCUT2D eigenvalue weighted by Crippen LogP contribution is -2.33. The molecule has 0 aliphatic carbocycles. The summed E-state index contributed by atoms with van der Waals surface area (Å²) >= 11 is 6.69. The van der Waals surface area contributed by atoms with E-state index in [0.717, 1.165) is 30.1 Å². The highest BCUT2D eigenvalue weighted by molar-refractivity contribution is 6.30. The Bertz CT molecular complexity index is 1070. The number of aromatic nitrogens is 2. The van der Waals surface area contributed by atoms with Crippen molar-refractivity contribution < 1.29 is 14.3 Å². The number of methoxy groups -OCH3 is 1. The molecule has 0 radical (unpaired) electrons. The summed E-state index contributed by atoms with van der Waals surface area (Å²) in [6.07, 6.45) is 0. The Kier molecular flexibility index (Phi) is 8.75. The topological polar surface area (TPSA) is 56.6 Å². The SMILES string of the molecule is CCOC(=O)Cn1c(-c2ccccc2)nc(Cl)c1CN(Cc1ccc(OC)cc1)CC(C)(C)C. The summed E-state index contributed by atoms with van der Waals surface area (Å²) in [6, 6.07) is 17.9. The van der Waals surface area contributed by atoms with E-state index in [1.807, 2.05) is 47.0 Å². The highest BCUT2D eigenvalue weighted by atomic mass is 35.5. The Balaban J connectivity index is 1.97. The molecule has 0 unspecified atom stereocenters. The van der Waals surface area contributed by atoms with E-state index in [1.165, 1.54) is 5.56 Å². The highest BCUT2D eigenvalue weighted by Gasteiger charge is 2.24. The fourth-order valence-electron chi connectivity index (χ4n) is 3.96. The number of hydrogen-bond acceptors (Lipinski definition) is 5. The van der Waals surface area contributed by atoms with Crippen LogP contribution in [0.1, 0.15) is 39.0 Å². The summed E-state index contributed by atoms with van der Waals surface area (Å²) in [5.41, 5.74) is 2.93. The van der Waals surface area contributed by atoms with Gasteiger partial charge >= 0.3 is 5.97 Å². The molecule has 0 aliphatic heterocycles. The Morgan fingerprint density at radius 2 is 1.74 bits per heavy atom. The predicted octanol–water partition coefficient (Wildman–Crippen LogP) is 5.82. The average Bonchev–Trinajstić information content (AvgIpc) is 3.09. The zero-order valence-electron chi connectivity index (χ0n) is 20.7. The van der Waals surface area contributed by atoms with Crippen LogP contribution < -0.4 is 4.74 Å². The van der Waals surface area contributed by atoms with Gasteiger partial charge < -0.3 is 14.0 Å². The average molecular weight is 484 g/mol. The smallest absolute Gasteiger partial charge is 0.326 e. The van der Waals surface area contributed by atoms with Crippen molar-refractivity contribution in [2.75, 3.05) is 20.3 Å². The van der Waals surface area contributed by atoms with E-state index in [2.05, 4.69) is 42.8 Å². The molecule has 0 N–H and O–H groups in total. The van der Waals surface area contributed by atoms with E-state index in [-0.39, 0.29) is 17.9 Å². The van der Waals surface area contributed by atoms with E-state index in [4.69, 9.17) is 21.1 Å². The monoisotopic (exact) mass is 483 g/mol. The number of imidazole rings is 1. The third-order valence-corrected chi connectivity index (χ3v) is 5.59. The first-order valence-electron chi connectivity index (χ1n) is 11.5. The quantitative estimate of drug-likeness (QED) is 0.340. The zero-order chi connectivity index (χ0) is 24.7. The lowest BCUT2D eigenvalue weighted by atomic mass is 9.95. The standard InChI is InChI=1S/C27H34ClN3O3/c1-6-34-24(32)18-31-23(25(28)29-26(31)21-10-8-7-9-11-21)17-30(19-27(2,3)4)16-20-12-14-22(33-5)15-13-20/h7-15H,6,16-19H2,1-5H3. The number of carbonyl (C=O) groups excluding carboxylic acids is 1. The molecule has 7 heteroatoms. The number of carbonyl (C=O) groups is 1. The van der Waals surface area contributed by atoms with Gasteiger partial charge in [0.2, 0.25) is 0 Å². The first kappa shape index (κ1) is 25.8. The normalized spacial score (nSPS) is 11.6. The number of esters is 1. The first-order valence-corrected chi connectivity index (χ1v) is 11.9. The number of rotatable bonds is 10. The fraction of sp³-hybridized carbons (Fsp3) is 0.407. The minimum Gasteiger partial charge on any atom is -0.497 e. The van der Waals surface area contributed by atoms with Crippen molar-refractivity contribution in [1.29, 1.82) is 0 Å². The van der Waals surface area contributed by atoms with Crippen LogP contribution in [0.3, 0.4) is 0 Å². The first-order chi connectivity index (χ1) is 16.2. The van der Waals surface area contributed by atoms with Crippen LogP contribution >= 0.6 is 11.6 Å². The maximum absolute atomic E-state index is 12.5. The van der Waals surface area contributed by atoms with Crippen molar-refractivity contribution in [3.63, 3.8) is 0 Å². The summed E-state index contributed by atoms with van der Waals surface area (Å²) in [7, 11) is 1.66. The van der Waals surface area contributed by atoms with Gasteiger partial charge in [-0.2, -0.15) is 0 Å². The molecule has 0 saturated heterocycles. The maximum Gasteiger partial charge on any atom is 0.326 e. The molecular formula is C27H34ClN3O3. The number of nitrogens with zero attached hydrogens (tertiary/aromatic N) is 3. The molecule has 0 saturated carbocycles. The molecule has 2 aromatic carbocycles. The van der Waals surface area contributed by atoms with Gasteiger partial charge in [-0.1, -0.05) is 74.8 Å². The van der Waals surface area contributed by atoms with Gasteiger partial charge in [0.25, 0.3) is 0 Å². The Labute approximate surface area is 207 Å². The van der Waals surface area contributed by atoms with Gasteiger partial charge in [0, 0.05) is 25.2 Å². The molecule has 0 fully saturated rings. The summed E-state index contributed by atoms with van der Waals surface area (Å²) in [4.78, 5) is 19.5. The summed E-state index contributed by atoms with van der Waals surface area (Å²) in [5.74, 6) is 1.18. The molecule has 3 rings (SSSR count). The molecule has 0 bridgehead atoms. The van der Waals surface area contributed by atoms with Gasteiger partial charge in [-0.15, -0.1) is 0 Å². The van der Waals surface area contributed by atoms with Crippen LogP contribution in [-0.2, 0) is 29.2 Å². The molecule has 1 heterocycles. The van der Waals surface area contributed by atoms with Crippen molar-refractivity contribution in [2.24, 2.45) is 5.41 Å². The van der Waals surface area contributed by atoms with Crippen LogP contribution in [0.2, 0.25) is 5.15 Å². The van der Waals surface area contributed by atoms with E-state index in [9.17, 15) is 4.79 Å². The molecule has 3 aromatic rings. The van der Waals surface area contributed by atoms with Crippen molar-refractivity contribution in [3.05, 3.63) is 71.0 Å². The van der Waals surface area contributed by atoms with E-state index < -0.39 is 0 Å². The second-order valence-corrected chi connectivity index (χ2v) is 9.84. The largest absolute Gasteiger partial charge is 0.497 e. The third-order valence-electron chi connectivity index (χ3n) is 5.28. The Hall–Kier alpha value is -2.83. The Morgan fingerprint density at radius 1 is 1.06 bits per heavy atom. The van der Waals surface area contributed by atoms with Crippen LogP contribution in [0.5, 0.6) is 5.75 Å². The number of halogens is 1. The Morgan fingerprint density at radius 3 is 2.32 bits per heavy atom. The van der Waals surface area contributed by atoms with Crippen LogP contribution in [0, 0.1) is 5.41 Å². The highest BCUT2D eigenvalue weighted by Crippen LogP contribution is 2.29. The molecule has 182 valence electrons. The number of benzene rings is 2. The van der Waals surface area contributed by atoms with E-state index in [0.29, 0.717) is 24.1 Å². The lowest BCUT2D eigenvalue weighted by Gasteiger charge is -2.30. The molecule has 0 spiro atoms. The summed E-state index contributed by atoms with van der Waals surface area (Å²) in [6.45, 7) is 10.9. The second-order valence-electron chi connectivity index (χ2n) is 9.48. The van der Waals surface area contributed by atoms with Crippen LogP contribution in [0.4, 0.5) is 0 Å². The van der Waals surface area contributed by atoms with Gasteiger partial charge in [0.1, 0.15) is 18.1 Å². The molecule has 34 heavy (non-hydrogen) atoms. The molecule has 0 atom stereocenters. The zero-order valence-corrected chi connectivity index (χ0v) is 21.4. The molecule has 6 nitrogen and oxygen atoms in total. The van der Waals surface area contributed by atoms with Gasteiger partial charge in [0.05, 0.1) is 19.4 Å². The van der Waals surface area contributed by atoms with Crippen molar-refractivity contribution >= 4 is 17.6 Å². The van der Waals surface area contributed by atoms with Crippen LogP contribution in [0.25, 0.3) is 11.4 Å². The van der Waals surface area contributed by atoms with Crippen LogP contribution in [0.15, 0.2) is 54.6 Å². The second kappa shape index (κ2) is 11.5. The van der Waals surface area contributed by atoms with Gasteiger partial charge in [-0.05, 0) is 30.0 Å². The molecule has 0 amide bonds. The number of hydrogen-bond donors (Lipinski definition) is 0. The van der Waals surface area contributed by atoms with Crippen molar-refractivity contribution in [1.82, 2.24) is 14.5 Å². The molecule has 1 aromatic heterocycles. The number of ether oxygens (including phenoxy) is 2. The molecule has 0 aliphatic rings. The fourth-order valence-corrected chi connectivity index (χ4v) is 4.20.